The average Bonchev–Trinajstić information content (AvgIpc) is 2.30. The molecule has 1 atom stereocenters. The minimum atomic E-state index is -1.08. The summed E-state index contributed by atoms with van der Waals surface area (Å²) >= 11 is 0. The fraction of sp³-hybridized carbons (Fsp3) is 0.750. The molecule has 88 valence electrons. The van der Waals surface area contributed by atoms with Gasteiger partial charge in [0.15, 0.2) is 0 Å². The zero-order valence-corrected chi connectivity index (χ0v) is 9.32. The van der Waals surface area contributed by atoms with Crippen LogP contribution in [0.15, 0.2) is 0 Å². The van der Waals surface area contributed by atoms with E-state index >= 15 is 0 Å². The molecule has 1 aliphatic carbocycles. The van der Waals surface area contributed by atoms with Gasteiger partial charge in [0.2, 0.25) is 0 Å². The normalized spacial score (nSPS) is 18.7. The zero-order valence-electron chi connectivity index (χ0n) is 9.32. The molecule has 0 amide bonds. The summed E-state index contributed by atoms with van der Waals surface area (Å²) < 4.78 is 0. The minimum Gasteiger partial charge on any atom is -0.481 e. The highest BCUT2D eigenvalue weighted by molar-refractivity contribution is 5.99. The van der Waals surface area contributed by atoms with E-state index in [1.165, 1.54) is 0 Å². The second-order valence-electron chi connectivity index (χ2n) is 4.32. The SMILES string of the molecule is N#CCCC(C(=O)O)C(=O)C1CCCCC1. The van der Waals surface area contributed by atoms with Crippen molar-refractivity contribution in [3.63, 3.8) is 0 Å². The number of hydrogen-bond donors (Lipinski definition) is 1. The predicted molar refractivity (Wildman–Crippen MR) is 57.6 cm³/mol. The summed E-state index contributed by atoms with van der Waals surface area (Å²) in [4.78, 5) is 22.9. The molecule has 1 saturated carbocycles. The number of ketones is 1. The summed E-state index contributed by atoms with van der Waals surface area (Å²) in [5.74, 6) is -2.30. The van der Waals surface area contributed by atoms with E-state index in [1.807, 2.05) is 6.07 Å². The van der Waals surface area contributed by atoms with Gasteiger partial charge in [-0.25, -0.2) is 0 Å². The van der Waals surface area contributed by atoms with Crippen molar-refractivity contribution < 1.29 is 14.7 Å². The quantitative estimate of drug-likeness (QED) is 0.724. The third kappa shape index (κ3) is 3.34. The van der Waals surface area contributed by atoms with Crippen molar-refractivity contribution in [3.8, 4) is 6.07 Å². The molecule has 0 spiro atoms. The molecule has 1 N–H and O–H groups in total. The molecular weight excluding hydrogens is 206 g/mol. The van der Waals surface area contributed by atoms with Crippen molar-refractivity contribution in [2.24, 2.45) is 11.8 Å². The number of hydrogen-bond acceptors (Lipinski definition) is 3. The number of carboxylic acids is 1. The molecule has 0 aromatic heterocycles. The maximum absolute atomic E-state index is 12.0. The van der Waals surface area contributed by atoms with Crippen LogP contribution in [0.5, 0.6) is 0 Å². The van der Waals surface area contributed by atoms with Gasteiger partial charge in [-0.2, -0.15) is 5.26 Å². The average molecular weight is 223 g/mol. The molecule has 0 radical (unpaired) electrons. The van der Waals surface area contributed by atoms with Crippen LogP contribution in [-0.4, -0.2) is 16.9 Å². The van der Waals surface area contributed by atoms with E-state index in [2.05, 4.69) is 0 Å². The number of rotatable bonds is 5. The molecule has 1 fully saturated rings. The van der Waals surface area contributed by atoms with Crippen LogP contribution in [0, 0.1) is 23.2 Å². The number of aliphatic carboxylic acids is 1. The maximum atomic E-state index is 12.0. The second-order valence-corrected chi connectivity index (χ2v) is 4.32. The molecule has 0 aliphatic heterocycles. The van der Waals surface area contributed by atoms with E-state index in [-0.39, 0.29) is 24.5 Å². The number of carboxylic acid groups (broad SMARTS) is 1. The molecule has 0 aromatic rings. The van der Waals surface area contributed by atoms with Gasteiger partial charge < -0.3 is 5.11 Å². The van der Waals surface area contributed by atoms with Crippen LogP contribution in [0.4, 0.5) is 0 Å². The summed E-state index contributed by atoms with van der Waals surface area (Å²) in [6, 6.07) is 1.90. The van der Waals surface area contributed by atoms with Crippen molar-refractivity contribution in [3.05, 3.63) is 0 Å². The van der Waals surface area contributed by atoms with Gasteiger partial charge in [-0.1, -0.05) is 19.3 Å². The van der Waals surface area contributed by atoms with E-state index < -0.39 is 11.9 Å². The monoisotopic (exact) mass is 223 g/mol. The number of carbonyl (C=O) groups is 2. The number of nitriles is 1. The van der Waals surface area contributed by atoms with Crippen LogP contribution in [0.2, 0.25) is 0 Å². The van der Waals surface area contributed by atoms with Crippen LogP contribution in [0.1, 0.15) is 44.9 Å². The van der Waals surface area contributed by atoms with E-state index in [4.69, 9.17) is 10.4 Å². The lowest BCUT2D eigenvalue weighted by Crippen LogP contribution is -2.31. The first-order chi connectivity index (χ1) is 7.66. The van der Waals surface area contributed by atoms with E-state index in [1.54, 1.807) is 0 Å². The van der Waals surface area contributed by atoms with Crippen molar-refractivity contribution >= 4 is 11.8 Å². The van der Waals surface area contributed by atoms with Gasteiger partial charge in [-0.15, -0.1) is 0 Å². The van der Waals surface area contributed by atoms with Gasteiger partial charge in [0.05, 0.1) is 6.07 Å². The Bertz CT molecular complexity index is 300. The van der Waals surface area contributed by atoms with E-state index in [0.717, 1.165) is 32.1 Å². The van der Waals surface area contributed by atoms with Crippen LogP contribution in [0.25, 0.3) is 0 Å². The van der Waals surface area contributed by atoms with Gasteiger partial charge in [0.25, 0.3) is 0 Å². The third-order valence-corrected chi connectivity index (χ3v) is 3.19. The van der Waals surface area contributed by atoms with E-state index in [9.17, 15) is 9.59 Å². The fourth-order valence-corrected chi connectivity index (χ4v) is 2.27. The Morgan fingerprint density at radius 1 is 1.31 bits per heavy atom. The summed E-state index contributed by atoms with van der Waals surface area (Å²) in [7, 11) is 0. The summed E-state index contributed by atoms with van der Waals surface area (Å²) in [5, 5.41) is 17.4. The largest absolute Gasteiger partial charge is 0.481 e. The van der Waals surface area contributed by atoms with Crippen LogP contribution in [-0.2, 0) is 9.59 Å². The Labute approximate surface area is 95.3 Å². The third-order valence-electron chi connectivity index (χ3n) is 3.19. The summed E-state index contributed by atoms with van der Waals surface area (Å²) in [6.45, 7) is 0. The molecule has 0 saturated heterocycles. The Morgan fingerprint density at radius 2 is 1.94 bits per heavy atom. The van der Waals surface area contributed by atoms with Gasteiger partial charge in [0.1, 0.15) is 11.7 Å². The van der Waals surface area contributed by atoms with Gasteiger partial charge >= 0.3 is 5.97 Å². The number of nitrogens with zero attached hydrogens (tertiary/aromatic N) is 1. The number of Topliss-reactive ketones (excluding diaryl/α,β-unsaturated/α-hetero) is 1. The Morgan fingerprint density at radius 3 is 2.44 bits per heavy atom. The molecule has 0 aromatic carbocycles. The highest BCUT2D eigenvalue weighted by atomic mass is 16.4. The molecule has 4 nitrogen and oxygen atoms in total. The lowest BCUT2D eigenvalue weighted by molar-refractivity contribution is -0.148. The van der Waals surface area contributed by atoms with Crippen molar-refractivity contribution in [2.75, 3.05) is 0 Å². The molecule has 1 aliphatic rings. The highest BCUT2D eigenvalue weighted by Gasteiger charge is 2.32. The Hall–Kier alpha value is -1.37. The Balaban J connectivity index is 2.59. The first-order valence-corrected chi connectivity index (χ1v) is 5.80. The van der Waals surface area contributed by atoms with E-state index in [0.29, 0.717) is 0 Å². The first-order valence-electron chi connectivity index (χ1n) is 5.80. The van der Waals surface area contributed by atoms with Gasteiger partial charge in [-0.05, 0) is 19.3 Å². The predicted octanol–water partition coefficient (Wildman–Crippen LogP) is 2.14. The molecular formula is C12H17NO3. The molecule has 1 rings (SSSR count). The summed E-state index contributed by atoms with van der Waals surface area (Å²) in [6.07, 6.45) is 5.09. The second kappa shape index (κ2) is 6.26. The Kier molecular flexibility index (Phi) is 4.97. The zero-order chi connectivity index (χ0) is 12.0. The molecule has 0 heterocycles. The van der Waals surface area contributed by atoms with Crippen molar-refractivity contribution in [1.29, 1.82) is 5.26 Å². The van der Waals surface area contributed by atoms with Gasteiger partial charge in [-0.3, -0.25) is 9.59 Å². The highest BCUT2D eigenvalue weighted by Crippen LogP contribution is 2.28. The molecule has 1 unspecified atom stereocenters. The van der Waals surface area contributed by atoms with Crippen molar-refractivity contribution in [1.82, 2.24) is 0 Å². The molecule has 16 heavy (non-hydrogen) atoms. The fourth-order valence-electron chi connectivity index (χ4n) is 2.27. The van der Waals surface area contributed by atoms with Crippen LogP contribution < -0.4 is 0 Å². The molecule has 4 heteroatoms. The van der Waals surface area contributed by atoms with Crippen LogP contribution >= 0.6 is 0 Å². The molecule has 0 bridgehead atoms. The first kappa shape index (κ1) is 12.7. The number of carbonyl (C=O) groups excluding carboxylic acids is 1. The lowest BCUT2D eigenvalue weighted by atomic mass is 9.80. The standard InChI is InChI=1S/C12H17NO3/c13-8-4-7-10(12(15)16)11(14)9-5-2-1-3-6-9/h9-10H,1-7H2,(H,15,16). The summed E-state index contributed by atoms with van der Waals surface area (Å²) in [5.41, 5.74) is 0. The van der Waals surface area contributed by atoms with Crippen LogP contribution in [0.3, 0.4) is 0 Å². The smallest absolute Gasteiger partial charge is 0.314 e. The lowest BCUT2D eigenvalue weighted by Gasteiger charge is -2.23. The maximum Gasteiger partial charge on any atom is 0.314 e. The van der Waals surface area contributed by atoms with Gasteiger partial charge in [0, 0.05) is 12.3 Å². The van der Waals surface area contributed by atoms with Crippen molar-refractivity contribution in [2.45, 2.75) is 44.9 Å². The topological polar surface area (TPSA) is 78.2 Å². The minimum absolute atomic E-state index is 0.0893.